The van der Waals surface area contributed by atoms with Gasteiger partial charge in [0.25, 0.3) is 0 Å². The molecule has 0 amide bonds. The molecule has 0 unspecified atom stereocenters. The van der Waals surface area contributed by atoms with E-state index in [1.54, 1.807) is 12.1 Å². The summed E-state index contributed by atoms with van der Waals surface area (Å²) in [5.41, 5.74) is 0.957. The van der Waals surface area contributed by atoms with E-state index in [1.165, 1.54) is 6.07 Å². The zero-order valence-corrected chi connectivity index (χ0v) is 11.6. The molecule has 1 aliphatic rings. The van der Waals surface area contributed by atoms with Gasteiger partial charge in [0.1, 0.15) is 12.1 Å². The lowest BCUT2D eigenvalue weighted by molar-refractivity contribution is 0.112. The second-order valence-electron chi connectivity index (χ2n) is 5.46. The minimum absolute atomic E-state index is 0.319. The van der Waals surface area contributed by atoms with Gasteiger partial charge in [-0.15, -0.1) is 0 Å². The standard InChI is InChI=1S/C15H21FN2O/c1-17-7-5-12(6-8-17)10-18(2)15-4-3-13(11-19)9-14(15)16/h3-4,9,11-12H,5-8,10H2,1-2H3. The highest BCUT2D eigenvalue weighted by Gasteiger charge is 2.19. The Balaban J connectivity index is 1.99. The molecular formula is C15H21FN2O. The normalized spacial score (nSPS) is 17.4. The summed E-state index contributed by atoms with van der Waals surface area (Å²) >= 11 is 0. The third-order valence-corrected chi connectivity index (χ3v) is 3.89. The Morgan fingerprint density at radius 3 is 2.68 bits per heavy atom. The van der Waals surface area contributed by atoms with Crippen LogP contribution in [-0.2, 0) is 0 Å². The van der Waals surface area contributed by atoms with Crippen molar-refractivity contribution in [1.29, 1.82) is 0 Å². The van der Waals surface area contributed by atoms with Gasteiger partial charge in [0, 0.05) is 19.2 Å². The number of halogens is 1. The predicted molar refractivity (Wildman–Crippen MR) is 75.3 cm³/mol. The van der Waals surface area contributed by atoms with E-state index < -0.39 is 0 Å². The summed E-state index contributed by atoms with van der Waals surface area (Å²) in [7, 11) is 4.05. The number of rotatable bonds is 4. The molecule has 0 atom stereocenters. The van der Waals surface area contributed by atoms with E-state index in [9.17, 15) is 9.18 Å². The van der Waals surface area contributed by atoms with E-state index >= 15 is 0 Å². The minimum Gasteiger partial charge on any atom is -0.372 e. The van der Waals surface area contributed by atoms with Crippen LogP contribution in [0.3, 0.4) is 0 Å². The molecule has 104 valence electrons. The van der Waals surface area contributed by atoms with Crippen LogP contribution in [0, 0.1) is 11.7 Å². The van der Waals surface area contributed by atoms with Crippen molar-refractivity contribution >= 4 is 12.0 Å². The monoisotopic (exact) mass is 264 g/mol. The van der Waals surface area contributed by atoms with Crippen LogP contribution in [-0.4, -0.2) is 44.9 Å². The van der Waals surface area contributed by atoms with Crippen molar-refractivity contribution in [3.63, 3.8) is 0 Å². The van der Waals surface area contributed by atoms with Gasteiger partial charge >= 0.3 is 0 Å². The number of anilines is 1. The molecule has 1 aliphatic heterocycles. The summed E-state index contributed by atoms with van der Waals surface area (Å²) in [4.78, 5) is 14.9. The van der Waals surface area contributed by atoms with Crippen LogP contribution in [0.1, 0.15) is 23.2 Å². The molecule has 1 aromatic rings. The van der Waals surface area contributed by atoms with Gasteiger partial charge in [-0.3, -0.25) is 4.79 Å². The molecule has 1 heterocycles. The van der Waals surface area contributed by atoms with Crippen LogP contribution in [0.15, 0.2) is 18.2 Å². The van der Waals surface area contributed by atoms with E-state index in [0.29, 0.717) is 23.5 Å². The molecule has 0 spiro atoms. The highest BCUT2D eigenvalue weighted by molar-refractivity contribution is 5.75. The third kappa shape index (κ3) is 3.53. The molecule has 0 aromatic heterocycles. The summed E-state index contributed by atoms with van der Waals surface area (Å²) in [6.45, 7) is 3.10. The van der Waals surface area contributed by atoms with E-state index in [-0.39, 0.29) is 5.82 Å². The minimum atomic E-state index is -0.319. The summed E-state index contributed by atoms with van der Waals surface area (Å²) in [6.07, 6.45) is 2.99. The Hall–Kier alpha value is -1.42. The number of carbonyl (C=O) groups excluding carboxylic acids is 1. The lowest BCUT2D eigenvalue weighted by Gasteiger charge is -2.32. The number of aldehydes is 1. The first-order chi connectivity index (χ1) is 9.10. The topological polar surface area (TPSA) is 23.6 Å². The maximum atomic E-state index is 13.9. The smallest absolute Gasteiger partial charge is 0.150 e. The zero-order valence-electron chi connectivity index (χ0n) is 11.6. The first kappa shape index (κ1) is 14.0. The molecule has 0 bridgehead atoms. The molecule has 4 heteroatoms. The first-order valence-electron chi connectivity index (χ1n) is 6.74. The second-order valence-corrected chi connectivity index (χ2v) is 5.46. The van der Waals surface area contributed by atoms with Crippen molar-refractivity contribution in [2.75, 3.05) is 38.6 Å². The Kier molecular flexibility index (Phi) is 4.53. The Bertz CT molecular complexity index is 442. The van der Waals surface area contributed by atoms with Gasteiger partial charge in [-0.1, -0.05) is 0 Å². The molecule has 0 radical (unpaired) electrons. The zero-order chi connectivity index (χ0) is 13.8. The average molecular weight is 264 g/mol. The van der Waals surface area contributed by atoms with Crippen molar-refractivity contribution < 1.29 is 9.18 Å². The molecular weight excluding hydrogens is 243 g/mol. The number of carbonyl (C=O) groups is 1. The van der Waals surface area contributed by atoms with Gasteiger partial charge in [0.05, 0.1) is 5.69 Å². The van der Waals surface area contributed by atoms with Crippen molar-refractivity contribution in [1.82, 2.24) is 4.90 Å². The molecule has 0 aliphatic carbocycles. The second kappa shape index (κ2) is 6.15. The number of piperidine rings is 1. The molecule has 1 saturated heterocycles. The van der Waals surface area contributed by atoms with Gasteiger partial charge < -0.3 is 9.80 Å². The lowest BCUT2D eigenvalue weighted by Crippen LogP contribution is -2.35. The maximum Gasteiger partial charge on any atom is 0.150 e. The summed E-state index contributed by atoms with van der Waals surface area (Å²) in [5.74, 6) is 0.298. The number of benzene rings is 1. The van der Waals surface area contributed by atoms with E-state index in [4.69, 9.17) is 0 Å². The fraction of sp³-hybridized carbons (Fsp3) is 0.533. The number of nitrogens with zero attached hydrogens (tertiary/aromatic N) is 2. The number of hydrogen-bond acceptors (Lipinski definition) is 3. The largest absolute Gasteiger partial charge is 0.372 e. The third-order valence-electron chi connectivity index (χ3n) is 3.89. The molecule has 2 rings (SSSR count). The van der Waals surface area contributed by atoms with Gasteiger partial charge in [0.15, 0.2) is 0 Å². The number of hydrogen-bond donors (Lipinski definition) is 0. The van der Waals surface area contributed by atoms with Gasteiger partial charge in [-0.25, -0.2) is 4.39 Å². The van der Waals surface area contributed by atoms with Crippen molar-refractivity contribution in [2.45, 2.75) is 12.8 Å². The van der Waals surface area contributed by atoms with E-state index in [2.05, 4.69) is 11.9 Å². The van der Waals surface area contributed by atoms with Gasteiger partial charge in [0.2, 0.25) is 0 Å². The van der Waals surface area contributed by atoms with Gasteiger partial charge in [-0.2, -0.15) is 0 Å². The fourth-order valence-corrected chi connectivity index (χ4v) is 2.64. The van der Waals surface area contributed by atoms with Crippen LogP contribution in [0.25, 0.3) is 0 Å². The summed E-state index contributed by atoms with van der Waals surface area (Å²) in [5, 5.41) is 0. The average Bonchev–Trinajstić information content (AvgIpc) is 2.41. The Morgan fingerprint density at radius 1 is 1.42 bits per heavy atom. The van der Waals surface area contributed by atoms with E-state index in [0.717, 1.165) is 32.5 Å². The number of likely N-dealkylation sites (tertiary alicyclic amines) is 1. The van der Waals surface area contributed by atoms with Crippen LogP contribution in [0.4, 0.5) is 10.1 Å². The summed E-state index contributed by atoms with van der Waals surface area (Å²) < 4.78 is 13.9. The summed E-state index contributed by atoms with van der Waals surface area (Å²) in [6, 6.07) is 4.65. The molecule has 0 saturated carbocycles. The molecule has 1 aromatic carbocycles. The predicted octanol–water partition coefficient (Wildman–Crippen LogP) is 2.42. The van der Waals surface area contributed by atoms with Crippen LogP contribution < -0.4 is 4.90 Å². The highest BCUT2D eigenvalue weighted by Crippen LogP contribution is 2.23. The maximum absolute atomic E-state index is 13.9. The Morgan fingerprint density at radius 2 is 2.11 bits per heavy atom. The Labute approximate surface area is 114 Å². The van der Waals surface area contributed by atoms with Crippen LogP contribution in [0.2, 0.25) is 0 Å². The molecule has 1 fully saturated rings. The van der Waals surface area contributed by atoms with Crippen molar-refractivity contribution in [3.8, 4) is 0 Å². The quantitative estimate of drug-likeness (QED) is 0.780. The van der Waals surface area contributed by atoms with Crippen LogP contribution in [0.5, 0.6) is 0 Å². The molecule has 19 heavy (non-hydrogen) atoms. The van der Waals surface area contributed by atoms with Gasteiger partial charge in [-0.05, 0) is 57.1 Å². The van der Waals surface area contributed by atoms with Crippen molar-refractivity contribution in [3.05, 3.63) is 29.6 Å². The molecule has 0 N–H and O–H groups in total. The lowest BCUT2D eigenvalue weighted by atomic mass is 9.96. The molecule has 3 nitrogen and oxygen atoms in total. The fourth-order valence-electron chi connectivity index (χ4n) is 2.64. The SMILES string of the molecule is CN1CCC(CN(C)c2ccc(C=O)cc2F)CC1. The highest BCUT2D eigenvalue weighted by atomic mass is 19.1. The first-order valence-corrected chi connectivity index (χ1v) is 6.74. The van der Waals surface area contributed by atoms with Crippen molar-refractivity contribution in [2.24, 2.45) is 5.92 Å². The van der Waals surface area contributed by atoms with E-state index in [1.807, 2.05) is 11.9 Å². The van der Waals surface area contributed by atoms with Crippen LogP contribution >= 0.6 is 0 Å².